The number of hydrogen-bond acceptors (Lipinski definition) is 4. The van der Waals surface area contributed by atoms with Crippen LogP contribution in [0.2, 0.25) is 0 Å². The molecule has 1 rings (SSSR count). The van der Waals surface area contributed by atoms with Crippen LogP contribution in [0.4, 0.5) is 0 Å². The molecule has 0 aliphatic rings. The van der Waals surface area contributed by atoms with Crippen molar-refractivity contribution >= 4 is 27.5 Å². The monoisotopic (exact) mass is 298 g/mol. The van der Waals surface area contributed by atoms with Gasteiger partial charge in [0.1, 0.15) is 4.60 Å². The molecule has 0 unspecified atom stereocenters. The molecule has 4 nitrogen and oxygen atoms in total. The smallest absolute Gasteiger partial charge is 0.340 e. The zero-order chi connectivity index (χ0) is 12.8. The highest BCUT2D eigenvalue weighted by atomic mass is 79.9. The molecule has 1 heterocycles. The van der Waals surface area contributed by atoms with E-state index in [9.17, 15) is 4.79 Å². The number of hydrogen-bond donors (Lipinski definition) is 0. The molecule has 0 saturated heterocycles. The lowest BCUT2D eigenvalue weighted by Crippen LogP contribution is -2.11. The molecule has 1 aromatic heterocycles. The third-order valence-electron chi connectivity index (χ3n) is 1.92. The van der Waals surface area contributed by atoms with Gasteiger partial charge in [0.25, 0.3) is 0 Å². The van der Waals surface area contributed by atoms with Crippen molar-refractivity contribution < 1.29 is 9.53 Å². The summed E-state index contributed by atoms with van der Waals surface area (Å²) in [5.74, 6) is -0.342. The Morgan fingerprint density at radius 2 is 2.24 bits per heavy atom. The van der Waals surface area contributed by atoms with Crippen molar-refractivity contribution in [1.29, 1.82) is 0 Å². The highest BCUT2D eigenvalue weighted by molar-refractivity contribution is 9.10. The quantitative estimate of drug-likeness (QED) is 0.486. The molecule has 0 fully saturated rings. The van der Waals surface area contributed by atoms with Crippen molar-refractivity contribution in [2.24, 2.45) is 0 Å². The SMILES string of the molecule is CCOC(=O)/C(=C\N(C)C)c1ccc(Br)nc1. The van der Waals surface area contributed by atoms with E-state index in [0.717, 1.165) is 10.2 Å². The minimum Gasteiger partial charge on any atom is -0.462 e. The fraction of sp³-hybridized carbons (Fsp3) is 0.333. The number of carbonyl (C=O) groups excluding carboxylic acids is 1. The van der Waals surface area contributed by atoms with E-state index in [-0.39, 0.29) is 5.97 Å². The molecule has 1 aromatic rings. The van der Waals surface area contributed by atoms with Crippen LogP contribution in [0.3, 0.4) is 0 Å². The average molecular weight is 299 g/mol. The molecule has 0 atom stereocenters. The summed E-state index contributed by atoms with van der Waals surface area (Å²) >= 11 is 3.26. The topological polar surface area (TPSA) is 42.4 Å². The van der Waals surface area contributed by atoms with E-state index in [0.29, 0.717) is 12.2 Å². The molecule has 0 saturated carbocycles. The fourth-order valence-corrected chi connectivity index (χ4v) is 1.48. The summed E-state index contributed by atoms with van der Waals surface area (Å²) in [6.45, 7) is 2.14. The van der Waals surface area contributed by atoms with Crippen molar-refractivity contribution in [3.8, 4) is 0 Å². The van der Waals surface area contributed by atoms with Crippen LogP contribution in [-0.2, 0) is 9.53 Å². The lowest BCUT2D eigenvalue weighted by molar-refractivity contribution is -0.136. The van der Waals surface area contributed by atoms with Crippen molar-refractivity contribution in [2.75, 3.05) is 20.7 Å². The second-order valence-electron chi connectivity index (χ2n) is 3.60. The number of esters is 1. The predicted octanol–water partition coefficient (Wildman–Crippen LogP) is 2.31. The molecule has 0 aromatic carbocycles. The molecule has 0 N–H and O–H groups in total. The summed E-state index contributed by atoms with van der Waals surface area (Å²) in [5.41, 5.74) is 1.23. The standard InChI is InChI=1S/C12H15BrN2O2/c1-4-17-12(16)10(8-15(2)3)9-5-6-11(13)14-7-9/h5-8H,4H2,1-3H3/b10-8-. The Bertz CT molecular complexity index is 413. The predicted molar refractivity (Wildman–Crippen MR) is 70.2 cm³/mol. The number of carbonyl (C=O) groups is 1. The largest absolute Gasteiger partial charge is 0.462 e. The molecule has 0 aliphatic heterocycles. The van der Waals surface area contributed by atoms with Gasteiger partial charge in [-0.1, -0.05) is 0 Å². The van der Waals surface area contributed by atoms with Gasteiger partial charge in [-0.3, -0.25) is 0 Å². The van der Waals surface area contributed by atoms with Gasteiger partial charge in [0.15, 0.2) is 0 Å². The molecular formula is C12H15BrN2O2. The van der Waals surface area contributed by atoms with Crippen LogP contribution in [0.25, 0.3) is 5.57 Å². The van der Waals surface area contributed by atoms with Gasteiger partial charge in [-0.2, -0.15) is 0 Å². The van der Waals surface area contributed by atoms with Crippen LogP contribution in [0, 0.1) is 0 Å². The van der Waals surface area contributed by atoms with Gasteiger partial charge in [-0.15, -0.1) is 0 Å². The van der Waals surface area contributed by atoms with E-state index >= 15 is 0 Å². The molecular weight excluding hydrogens is 284 g/mol. The Balaban J connectivity index is 3.06. The second-order valence-corrected chi connectivity index (χ2v) is 4.41. The summed E-state index contributed by atoms with van der Waals surface area (Å²) in [6, 6.07) is 3.61. The van der Waals surface area contributed by atoms with Crippen LogP contribution >= 0.6 is 15.9 Å². The van der Waals surface area contributed by atoms with Crippen LogP contribution in [0.5, 0.6) is 0 Å². The second kappa shape index (κ2) is 6.39. The van der Waals surface area contributed by atoms with Crippen LogP contribution in [0.15, 0.2) is 29.1 Å². The minimum atomic E-state index is -0.342. The molecule has 0 radical (unpaired) electrons. The third kappa shape index (κ3) is 4.19. The van der Waals surface area contributed by atoms with Crippen molar-refractivity contribution in [1.82, 2.24) is 9.88 Å². The van der Waals surface area contributed by atoms with Gasteiger partial charge in [-0.25, -0.2) is 9.78 Å². The van der Waals surface area contributed by atoms with E-state index < -0.39 is 0 Å². The Hall–Kier alpha value is -1.36. The number of nitrogens with zero attached hydrogens (tertiary/aromatic N) is 2. The maximum Gasteiger partial charge on any atom is 0.340 e. The zero-order valence-corrected chi connectivity index (χ0v) is 11.7. The lowest BCUT2D eigenvalue weighted by atomic mass is 10.1. The maximum absolute atomic E-state index is 11.8. The van der Waals surface area contributed by atoms with Gasteiger partial charge in [0.05, 0.1) is 12.2 Å². The van der Waals surface area contributed by atoms with Gasteiger partial charge >= 0.3 is 5.97 Å². The number of halogens is 1. The molecule has 0 bridgehead atoms. The van der Waals surface area contributed by atoms with Crippen molar-refractivity contribution in [3.05, 3.63) is 34.7 Å². The molecule has 17 heavy (non-hydrogen) atoms. The summed E-state index contributed by atoms with van der Waals surface area (Å²) in [7, 11) is 3.71. The third-order valence-corrected chi connectivity index (χ3v) is 2.39. The van der Waals surface area contributed by atoms with Gasteiger partial charge in [0, 0.05) is 32.1 Å². The Kier molecular flexibility index (Phi) is 5.15. The zero-order valence-electron chi connectivity index (χ0n) is 10.1. The molecule has 92 valence electrons. The van der Waals surface area contributed by atoms with Crippen molar-refractivity contribution in [3.63, 3.8) is 0 Å². The summed E-state index contributed by atoms with van der Waals surface area (Å²) < 4.78 is 5.75. The van der Waals surface area contributed by atoms with Crippen molar-refractivity contribution in [2.45, 2.75) is 6.92 Å². The molecule has 0 aliphatic carbocycles. The number of rotatable bonds is 4. The number of aromatic nitrogens is 1. The number of ether oxygens (including phenoxy) is 1. The summed E-state index contributed by atoms with van der Waals surface area (Å²) in [6.07, 6.45) is 3.36. The first-order chi connectivity index (χ1) is 8.04. The van der Waals surface area contributed by atoms with Crippen LogP contribution < -0.4 is 0 Å². The van der Waals surface area contributed by atoms with Gasteiger partial charge in [0.2, 0.25) is 0 Å². The van der Waals surface area contributed by atoms with E-state index in [4.69, 9.17) is 4.74 Å². The summed E-state index contributed by atoms with van der Waals surface area (Å²) in [4.78, 5) is 17.7. The first kappa shape index (κ1) is 13.7. The first-order valence-electron chi connectivity index (χ1n) is 5.22. The summed E-state index contributed by atoms with van der Waals surface area (Å²) in [5, 5.41) is 0. The van der Waals surface area contributed by atoms with E-state index in [1.165, 1.54) is 0 Å². The minimum absolute atomic E-state index is 0.342. The van der Waals surface area contributed by atoms with Gasteiger partial charge in [-0.05, 0) is 35.0 Å². The Morgan fingerprint density at radius 1 is 1.53 bits per heavy atom. The molecule has 5 heteroatoms. The fourth-order valence-electron chi connectivity index (χ4n) is 1.25. The normalized spacial score (nSPS) is 11.2. The lowest BCUT2D eigenvalue weighted by Gasteiger charge is -2.11. The average Bonchev–Trinajstić information content (AvgIpc) is 2.27. The van der Waals surface area contributed by atoms with E-state index in [1.807, 2.05) is 20.2 Å². The first-order valence-corrected chi connectivity index (χ1v) is 6.01. The van der Waals surface area contributed by atoms with Gasteiger partial charge < -0.3 is 9.64 Å². The Morgan fingerprint density at radius 3 is 2.71 bits per heavy atom. The Labute approximate surface area is 109 Å². The maximum atomic E-state index is 11.8. The van der Waals surface area contributed by atoms with Crippen LogP contribution in [-0.4, -0.2) is 36.6 Å². The number of pyridine rings is 1. The highest BCUT2D eigenvalue weighted by Crippen LogP contribution is 2.17. The van der Waals surface area contributed by atoms with E-state index in [1.54, 1.807) is 30.3 Å². The molecule has 0 amide bonds. The highest BCUT2D eigenvalue weighted by Gasteiger charge is 2.13. The van der Waals surface area contributed by atoms with E-state index in [2.05, 4.69) is 20.9 Å². The van der Waals surface area contributed by atoms with Crippen LogP contribution in [0.1, 0.15) is 12.5 Å². The molecule has 0 spiro atoms.